The molecule has 0 radical (unpaired) electrons. The zero-order valence-corrected chi connectivity index (χ0v) is 25.0. The summed E-state index contributed by atoms with van der Waals surface area (Å²) < 4.78 is 13.4. The monoisotopic (exact) mass is 641 g/mol. The van der Waals surface area contributed by atoms with E-state index in [9.17, 15) is 18.8 Å². The fourth-order valence-electron chi connectivity index (χ4n) is 3.66. The van der Waals surface area contributed by atoms with Crippen LogP contribution in [0.3, 0.4) is 0 Å². The van der Waals surface area contributed by atoms with Gasteiger partial charge in [0.1, 0.15) is 11.5 Å². The summed E-state index contributed by atoms with van der Waals surface area (Å²) in [6.07, 6.45) is 1.41. The Bertz CT molecular complexity index is 1650. The molecule has 0 aliphatic heterocycles. The maximum atomic E-state index is 13.4. The molecule has 3 N–H and O–H groups in total. The Morgan fingerprint density at radius 3 is 2.14 bits per heavy atom. The Hall–Kier alpha value is -3.82. The predicted molar refractivity (Wildman–Crippen MR) is 169 cm³/mol. The zero-order chi connectivity index (χ0) is 30.2. The molecule has 0 fully saturated rings. The summed E-state index contributed by atoms with van der Waals surface area (Å²) in [7, 11) is 0. The van der Waals surface area contributed by atoms with Crippen LogP contribution < -0.4 is 16.0 Å². The van der Waals surface area contributed by atoms with E-state index < -0.39 is 22.9 Å². The minimum atomic E-state index is -0.614. The Kier molecular flexibility index (Phi) is 10.7. The molecule has 0 heterocycles. The van der Waals surface area contributed by atoms with Gasteiger partial charge in [0.15, 0.2) is 0 Å². The lowest BCUT2D eigenvalue weighted by Gasteiger charge is -2.14. The highest BCUT2D eigenvalue weighted by molar-refractivity contribution is 8.00. The third kappa shape index (κ3) is 8.36. The topological polar surface area (TPSA) is 87.3 Å². The Morgan fingerprint density at radius 2 is 1.45 bits per heavy atom. The third-order valence-corrected chi connectivity index (χ3v) is 7.82. The molecule has 3 amide bonds. The molecule has 11 heteroatoms. The molecule has 4 aromatic carbocycles. The van der Waals surface area contributed by atoms with Gasteiger partial charge in [-0.3, -0.25) is 14.4 Å². The van der Waals surface area contributed by atoms with Crippen LogP contribution in [0.1, 0.15) is 22.8 Å². The zero-order valence-electron chi connectivity index (χ0n) is 22.0. The van der Waals surface area contributed by atoms with E-state index in [4.69, 9.17) is 34.8 Å². The van der Waals surface area contributed by atoms with Crippen LogP contribution in [0.2, 0.25) is 15.1 Å². The van der Waals surface area contributed by atoms with Gasteiger partial charge in [0.05, 0.1) is 10.3 Å². The minimum Gasteiger partial charge on any atom is -0.325 e. The summed E-state index contributed by atoms with van der Waals surface area (Å²) >= 11 is 19.7. The van der Waals surface area contributed by atoms with E-state index in [1.165, 1.54) is 36.0 Å². The molecular weight excluding hydrogens is 620 g/mol. The number of halogens is 4. The van der Waals surface area contributed by atoms with E-state index in [0.717, 1.165) is 0 Å². The van der Waals surface area contributed by atoms with Gasteiger partial charge >= 0.3 is 0 Å². The quantitative estimate of drug-likeness (QED) is 0.127. The van der Waals surface area contributed by atoms with Crippen molar-refractivity contribution in [2.24, 2.45) is 0 Å². The first-order valence-electron chi connectivity index (χ1n) is 12.5. The summed E-state index contributed by atoms with van der Waals surface area (Å²) in [5.74, 6) is -2.01. The van der Waals surface area contributed by atoms with Gasteiger partial charge < -0.3 is 16.0 Å². The highest BCUT2D eigenvalue weighted by Gasteiger charge is 2.18. The molecule has 42 heavy (non-hydrogen) atoms. The molecule has 0 saturated heterocycles. The van der Waals surface area contributed by atoms with Crippen LogP contribution in [0.4, 0.5) is 15.8 Å². The van der Waals surface area contributed by atoms with E-state index in [-0.39, 0.29) is 16.6 Å². The number of nitrogens with one attached hydrogen (secondary N) is 3. The van der Waals surface area contributed by atoms with E-state index in [1.54, 1.807) is 79.7 Å². The Balaban J connectivity index is 1.51. The molecule has 0 saturated carbocycles. The largest absolute Gasteiger partial charge is 0.325 e. The number of amides is 3. The van der Waals surface area contributed by atoms with Gasteiger partial charge in [0.2, 0.25) is 5.91 Å². The first kappa shape index (κ1) is 31.1. The van der Waals surface area contributed by atoms with Crippen LogP contribution in [0.5, 0.6) is 0 Å². The molecule has 0 aliphatic rings. The molecule has 0 spiro atoms. The highest BCUT2D eigenvalue weighted by Crippen LogP contribution is 2.29. The molecule has 4 rings (SSSR count). The second-order valence-electron chi connectivity index (χ2n) is 8.87. The maximum Gasteiger partial charge on any atom is 0.272 e. The van der Waals surface area contributed by atoms with Gasteiger partial charge in [0, 0.05) is 37.4 Å². The third-order valence-electron chi connectivity index (χ3n) is 5.78. The lowest BCUT2D eigenvalue weighted by Crippen LogP contribution is -2.30. The Morgan fingerprint density at radius 1 is 0.786 bits per heavy atom. The average molecular weight is 643 g/mol. The van der Waals surface area contributed by atoms with Crippen molar-refractivity contribution in [1.82, 2.24) is 5.32 Å². The van der Waals surface area contributed by atoms with Crippen LogP contribution in [0.15, 0.2) is 102 Å². The number of carbonyl (C=O) groups is 3. The normalized spacial score (nSPS) is 11.9. The van der Waals surface area contributed by atoms with Crippen molar-refractivity contribution in [2.75, 3.05) is 10.6 Å². The highest BCUT2D eigenvalue weighted by atomic mass is 35.5. The molecule has 0 aromatic heterocycles. The van der Waals surface area contributed by atoms with Gasteiger partial charge in [-0.25, -0.2) is 4.39 Å². The summed E-state index contributed by atoms with van der Waals surface area (Å²) in [4.78, 5) is 39.7. The van der Waals surface area contributed by atoms with Crippen molar-refractivity contribution >= 4 is 81.7 Å². The predicted octanol–water partition coefficient (Wildman–Crippen LogP) is 8.31. The van der Waals surface area contributed by atoms with Crippen LogP contribution >= 0.6 is 46.6 Å². The molecule has 214 valence electrons. The number of benzene rings is 4. The molecule has 0 aliphatic carbocycles. The summed E-state index contributed by atoms with van der Waals surface area (Å²) in [6, 6.07) is 24.2. The van der Waals surface area contributed by atoms with E-state index in [1.807, 2.05) is 0 Å². The van der Waals surface area contributed by atoms with Crippen LogP contribution in [0, 0.1) is 5.82 Å². The van der Waals surface area contributed by atoms with Crippen LogP contribution in [0.25, 0.3) is 6.08 Å². The van der Waals surface area contributed by atoms with Gasteiger partial charge in [-0.05, 0) is 73.7 Å². The minimum absolute atomic E-state index is 0.0809. The first-order valence-corrected chi connectivity index (χ1v) is 14.5. The number of carbonyl (C=O) groups excluding carboxylic acids is 3. The standard InChI is InChI=1S/C31H23Cl3FN3O3S/c1-18(29(39)36-21-13-14-27(35)26(34)16-21)42-22-10-5-9-20(15-22)37-31(41)28(17-23-24(32)11-6-12-25(23)33)38-30(40)19-7-3-2-4-8-19/h2-18H,1H3,(H,36,39)(H,37,41)(H,38,40)/b28-17+. The van der Waals surface area contributed by atoms with Crippen molar-refractivity contribution in [3.8, 4) is 0 Å². The summed E-state index contributed by atoms with van der Waals surface area (Å²) in [6.45, 7) is 1.71. The number of hydrogen-bond acceptors (Lipinski definition) is 4. The molecule has 1 unspecified atom stereocenters. The molecule has 0 bridgehead atoms. The van der Waals surface area contributed by atoms with Crippen molar-refractivity contribution in [1.29, 1.82) is 0 Å². The second kappa shape index (κ2) is 14.4. The Labute approximate surface area is 261 Å². The molecule has 1 atom stereocenters. The van der Waals surface area contributed by atoms with Crippen molar-refractivity contribution in [2.45, 2.75) is 17.1 Å². The van der Waals surface area contributed by atoms with Gasteiger partial charge in [-0.1, -0.05) is 65.1 Å². The van der Waals surface area contributed by atoms with Crippen molar-refractivity contribution in [3.05, 3.63) is 129 Å². The summed E-state index contributed by atoms with van der Waals surface area (Å²) in [5, 5.41) is 8.10. The van der Waals surface area contributed by atoms with Gasteiger partial charge in [0.25, 0.3) is 11.8 Å². The number of hydrogen-bond donors (Lipinski definition) is 3. The van der Waals surface area contributed by atoms with Crippen molar-refractivity contribution in [3.63, 3.8) is 0 Å². The van der Waals surface area contributed by atoms with E-state index in [2.05, 4.69) is 16.0 Å². The molecule has 6 nitrogen and oxygen atoms in total. The first-order chi connectivity index (χ1) is 20.1. The van der Waals surface area contributed by atoms with E-state index >= 15 is 0 Å². The van der Waals surface area contributed by atoms with Crippen molar-refractivity contribution < 1.29 is 18.8 Å². The SMILES string of the molecule is CC(Sc1cccc(NC(=O)/C(=C\c2c(Cl)cccc2Cl)NC(=O)c2ccccc2)c1)C(=O)Nc1ccc(F)c(Cl)c1. The fraction of sp³-hybridized carbons (Fsp3) is 0.0645. The number of rotatable bonds is 9. The maximum absolute atomic E-state index is 13.4. The molecule has 4 aromatic rings. The van der Waals surface area contributed by atoms with Crippen LogP contribution in [-0.4, -0.2) is 23.0 Å². The second-order valence-corrected chi connectivity index (χ2v) is 11.5. The van der Waals surface area contributed by atoms with Gasteiger partial charge in [-0.2, -0.15) is 0 Å². The van der Waals surface area contributed by atoms with Gasteiger partial charge in [-0.15, -0.1) is 11.8 Å². The fourth-order valence-corrected chi connectivity index (χ4v) is 5.27. The van der Waals surface area contributed by atoms with Crippen LogP contribution in [-0.2, 0) is 9.59 Å². The smallest absolute Gasteiger partial charge is 0.272 e. The average Bonchev–Trinajstić information content (AvgIpc) is 2.97. The number of thioether (sulfide) groups is 1. The van der Waals surface area contributed by atoms with E-state index in [0.29, 0.717) is 37.4 Å². The summed E-state index contributed by atoms with van der Waals surface area (Å²) in [5.41, 5.74) is 1.44. The lowest BCUT2D eigenvalue weighted by molar-refractivity contribution is -0.115. The number of anilines is 2. The lowest BCUT2D eigenvalue weighted by atomic mass is 10.1. The molecular formula is C31H23Cl3FN3O3S.